The van der Waals surface area contributed by atoms with Crippen LogP contribution >= 0.6 is 0 Å². The summed E-state index contributed by atoms with van der Waals surface area (Å²) in [5.74, 6) is -1.28. The molecule has 1 unspecified atom stereocenters. The molecule has 2 aromatic rings. The molecule has 2 nitrogen and oxygen atoms in total. The molecular formula is C13H11F4NO. The van der Waals surface area contributed by atoms with E-state index in [1.165, 1.54) is 18.6 Å². The van der Waals surface area contributed by atoms with Crippen LogP contribution in [0.25, 0.3) is 0 Å². The maximum atomic E-state index is 13.1. The highest BCUT2D eigenvalue weighted by Gasteiger charge is 2.34. The molecular weight excluding hydrogens is 262 g/mol. The molecule has 0 radical (unpaired) electrons. The standard InChI is InChI=1S/C13H11F4NO/c1-8(9-4-5-19-7-9)18-10-2-3-12(14)11(6-10)13(15,16)17/h2-8,18H,1H3. The zero-order valence-electron chi connectivity index (χ0n) is 9.96. The molecule has 0 bridgehead atoms. The Hall–Kier alpha value is -1.98. The number of hydrogen-bond donors (Lipinski definition) is 1. The molecule has 0 fully saturated rings. The Labute approximate surface area is 107 Å². The van der Waals surface area contributed by atoms with Gasteiger partial charge in [-0.25, -0.2) is 4.39 Å². The van der Waals surface area contributed by atoms with Crippen LogP contribution in [0, 0.1) is 5.82 Å². The molecule has 2 rings (SSSR count). The molecule has 1 aromatic heterocycles. The largest absolute Gasteiger partial charge is 0.472 e. The van der Waals surface area contributed by atoms with E-state index in [1.807, 2.05) is 0 Å². The average Bonchev–Trinajstić information content (AvgIpc) is 2.83. The predicted molar refractivity (Wildman–Crippen MR) is 62.1 cm³/mol. The Bertz CT molecular complexity index is 548. The lowest BCUT2D eigenvalue weighted by Gasteiger charge is -2.15. The molecule has 1 aromatic carbocycles. The molecule has 0 aliphatic rings. The maximum Gasteiger partial charge on any atom is 0.419 e. The van der Waals surface area contributed by atoms with Crippen molar-refractivity contribution in [2.75, 3.05) is 5.32 Å². The first-order chi connectivity index (χ1) is 8.88. The van der Waals surface area contributed by atoms with Gasteiger partial charge in [0.25, 0.3) is 0 Å². The van der Waals surface area contributed by atoms with E-state index in [0.29, 0.717) is 0 Å². The van der Waals surface area contributed by atoms with Gasteiger partial charge in [0.15, 0.2) is 0 Å². The van der Waals surface area contributed by atoms with Crippen molar-refractivity contribution in [3.05, 3.63) is 53.7 Å². The lowest BCUT2D eigenvalue weighted by Crippen LogP contribution is -2.11. The molecule has 6 heteroatoms. The van der Waals surface area contributed by atoms with E-state index in [0.717, 1.165) is 17.7 Å². The first-order valence-electron chi connectivity index (χ1n) is 5.53. The van der Waals surface area contributed by atoms with Crippen molar-refractivity contribution >= 4 is 5.69 Å². The highest BCUT2D eigenvalue weighted by molar-refractivity contribution is 5.48. The number of rotatable bonds is 3. The Balaban J connectivity index is 2.22. The number of anilines is 1. The summed E-state index contributed by atoms with van der Waals surface area (Å²) < 4.78 is 55.7. The fourth-order valence-corrected chi connectivity index (χ4v) is 1.69. The summed E-state index contributed by atoms with van der Waals surface area (Å²) in [7, 11) is 0. The van der Waals surface area contributed by atoms with Crippen molar-refractivity contribution in [1.82, 2.24) is 0 Å². The van der Waals surface area contributed by atoms with Gasteiger partial charge in [0.2, 0.25) is 0 Å². The summed E-state index contributed by atoms with van der Waals surface area (Å²) in [4.78, 5) is 0. The number of benzene rings is 1. The molecule has 19 heavy (non-hydrogen) atoms. The van der Waals surface area contributed by atoms with E-state index in [2.05, 4.69) is 5.32 Å². The molecule has 1 atom stereocenters. The quantitative estimate of drug-likeness (QED) is 0.826. The zero-order chi connectivity index (χ0) is 14.0. The number of furan rings is 1. The van der Waals surface area contributed by atoms with Crippen LogP contribution in [-0.4, -0.2) is 0 Å². The fourth-order valence-electron chi connectivity index (χ4n) is 1.69. The Morgan fingerprint density at radius 1 is 1.21 bits per heavy atom. The summed E-state index contributed by atoms with van der Waals surface area (Å²) in [5.41, 5.74) is -0.294. The zero-order valence-corrected chi connectivity index (χ0v) is 9.96. The van der Waals surface area contributed by atoms with Crippen LogP contribution in [-0.2, 0) is 6.18 Å². The minimum Gasteiger partial charge on any atom is -0.472 e. The number of hydrogen-bond acceptors (Lipinski definition) is 2. The van der Waals surface area contributed by atoms with Gasteiger partial charge in [0, 0.05) is 11.3 Å². The summed E-state index contributed by atoms with van der Waals surface area (Å²) in [6, 6.07) is 4.27. The molecule has 0 aliphatic heterocycles. The van der Waals surface area contributed by atoms with Gasteiger partial charge < -0.3 is 9.73 Å². The van der Waals surface area contributed by atoms with Crippen LogP contribution in [0.5, 0.6) is 0 Å². The molecule has 0 amide bonds. The van der Waals surface area contributed by atoms with Crippen molar-refractivity contribution in [1.29, 1.82) is 0 Å². The third kappa shape index (κ3) is 3.07. The van der Waals surface area contributed by atoms with Crippen molar-refractivity contribution in [3.63, 3.8) is 0 Å². The third-order valence-corrected chi connectivity index (χ3v) is 2.70. The van der Waals surface area contributed by atoms with Crippen LogP contribution in [0.15, 0.2) is 41.2 Å². The fraction of sp³-hybridized carbons (Fsp3) is 0.231. The van der Waals surface area contributed by atoms with E-state index in [4.69, 9.17) is 4.42 Å². The Morgan fingerprint density at radius 2 is 1.95 bits per heavy atom. The minimum atomic E-state index is -4.71. The second-order valence-electron chi connectivity index (χ2n) is 4.12. The minimum absolute atomic E-state index is 0.197. The molecule has 1 N–H and O–H groups in total. The van der Waals surface area contributed by atoms with Gasteiger partial charge in [-0.15, -0.1) is 0 Å². The van der Waals surface area contributed by atoms with Crippen LogP contribution in [0.3, 0.4) is 0 Å². The van der Waals surface area contributed by atoms with E-state index in [-0.39, 0.29) is 11.7 Å². The number of alkyl halides is 3. The smallest absolute Gasteiger partial charge is 0.419 e. The highest BCUT2D eigenvalue weighted by Crippen LogP contribution is 2.33. The van der Waals surface area contributed by atoms with Crippen molar-refractivity contribution in [2.24, 2.45) is 0 Å². The number of halogens is 4. The van der Waals surface area contributed by atoms with Crippen molar-refractivity contribution in [3.8, 4) is 0 Å². The molecule has 0 saturated heterocycles. The molecule has 102 valence electrons. The summed E-state index contributed by atoms with van der Waals surface area (Å²) in [6.45, 7) is 1.77. The maximum absolute atomic E-state index is 13.1. The van der Waals surface area contributed by atoms with Crippen LogP contribution in [0.1, 0.15) is 24.1 Å². The highest BCUT2D eigenvalue weighted by atomic mass is 19.4. The lowest BCUT2D eigenvalue weighted by atomic mass is 10.1. The SMILES string of the molecule is CC(Nc1ccc(F)c(C(F)(F)F)c1)c1ccoc1. The van der Waals surface area contributed by atoms with Gasteiger partial charge in [-0.05, 0) is 31.2 Å². The van der Waals surface area contributed by atoms with Crippen molar-refractivity contribution < 1.29 is 22.0 Å². The van der Waals surface area contributed by atoms with Gasteiger partial charge >= 0.3 is 6.18 Å². The second-order valence-corrected chi connectivity index (χ2v) is 4.12. The van der Waals surface area contributed by atoms with E-state index in [1.54, 1.807) is 13.0 Å². The first-order valence-corrected chi connectivity index (χ1v) is 5.53. The van der Waals surface area contributed by atoms with Crippen molar-refractivity contribution in [2.45, 2.75) is 19.1 Å². The molecule has 0 saturated carbocycles. The van der Waals surface area contributed by atoms with Crippen LogP contribution in [0.2, 0.25) is 0 Å². The molecule has 0 aliphatic carbocycles. The van der Waals surface area contributed by atoms with Gasteiger partial charge in [0.05, 0.1) is 24.1 Å². The molecule has 0 spiro atoms. The van der Waals surface area contributed by atoms with Gasteiger partial charge in [-0.1, -0.05) is 0 Å². The Kier molecular flexibility index (Phi) is 3.50. The van der Waals surface area contributed by atoms with E-state index in [9.17, 15) is 17.6 Å². The second kappa shape index (κ2) is 4.95. The van der Waals surface area contributed by atoms with Gasteiger partial charge in [-0.2, -0.15) is 13.2 Å². The summed E-state index contributed by atoms with van der Waals surface area (Å²) in [5, 5.41) is 2.86. The van der Waals surface area contributed by atoms with E-state index < -0.39 is 17.6 Å². The van der Waals surface area contributed by atoms with Crippen LogP contribution < -0.4 is 5.32 Å². The molecule has 1 heterocycles. The number of nitrogens with one attached hydrogen (secondary N) is 1. The normalized spacial score (nSPS) is 13.3. The summed E-state index contributed by atoms with van der Waals surface area (Å²) in [6.07, 6.45) is -1.74. The first kappa shape index (κ1) is 13.5. The van der Waals surface area contributed by atoms with E-state index >= 15 is 0 Å². The summed E-state index contributed by atoms with van der Waals surface area (Å²) >= 11 is 0. The monoisotopic (exact) mass is 273 g/mol. The van der Waals surface area contributed by atoms with Gasteiger partial charge in [0.1, 0.15) is 5.82 Å². The predicted octanol–water partition coefficient (Wildman–Crippen LogP) is 4.61. The topological polar surface area (TPSA) is 25.2 Å². The average molecular weight is 273 g/mol. The van der Waals surface area contributed by atoms with Crippen LogP contribution in [0.4, 0.5) is 23.2 Å². The third-order valence-electron chi connectivity index (χ3n) is 2.70. The van der Waals surface area contributed by atoms with Gasteiger partial charge in [-0.3, -0.25) is 0 Å². The Morgan fingerprint density at radius 3 is 2.53 bits per heavy atom. The lowest BCUT2D eigenvalue weighted by molar-refractivity contribution is -0.139.